The van der Waals surface area contributed by atoms with Crippen molar-refractivity contribution in [3.63, 3.8) is 0 Å². The van der Waals surface area contributed by atoms with E-state index in [1.807, 2.05) is 13.8 Å². The molecule has 8 heteroatoms. The summed E-state index contributed by atoms with van der Waals surface area (Å²) in [7, 11) is -2.53. The molecule has 3 aromatic carbocycles. The van der Waals surface area contributed by atoms with E-state index < -0.39 is 15.9 Å². The SMILES string of the molecule is CCC(C)N(Cc1ccc(OS(=O)(=O)c2ccc(F)cc2)cc1)C(=O)c1cccc(OC)c1. The standard InChI is InChI=1S/C25H26FNO5S/c1-4-18(2)27(25(28)20-6-5-7-23(16-20)31-3)17-19-8-12-22(13-9-19)32-33(29,30)24-14-10-21(26)11-15-24/h5-16,18H,4,17H2,1-3H3. The Balaban J connectivity index is 1.76. The first kappa shape index (κ1) is 24.3. The first-order valence-corrected chi connectivity index (χ1v) is 11.9. The van der Waals surface area contributed by atoms with Crippen LogP contribution in [-0.4, -0.2) is 32.4 Å². The lowest BCUT2D eigenvalue weighted by Gasteiger charge is -2.29. The number of amides is 1. The molecule has 0 spiro atoms. The predicted molar refractivity (Wildman–Crippen MR) is 123 cm³/mol. The number of rotatable bonds is 9. The molecule has 1 unspecified atom stereocenters. The molecule has 0 aliphatic carbocycles. The van der Waals surface area contributed by atoms with Crippen LogP contribution in [-0.2, 0) is 16.7 Å². The molecule has 0 saturated heterocycles. The average Bonchev–Trinajstić information content (AvgIpc) is 2.82. The highest BCUT2D eigenvalue weighted by Gasteiger charge is 2.22. The number of hydrogen-bond donors (Lipinski definition) is 0. The van der Waals surface area contributed by atoms with Crippen molar-refractivity contribution in [3.05, 3.63) is 89.7 Å². The number of carbonyl (C=O) groups excluding carboxylic acids is 1. The Hall–Kier alpha value is -3.39. The Labute approximate surface area is 193 Å². The highest BCUT2D eigenvalue weighted by Crippen LogP contribution is 2.22. The molecule has 0 aromatic heterocycles. The van der Waals surface area contributed by atoms with Crippen molar-refractivity contribution >= 4 is 16.0 Å². The molecule has 0 heterocycles. The molecule has 0 aliphatic heterocycles. The molecule has 1 amide bonds. The van der Waals surface area contributed by atoms with E-state index in [9.17, 15) is 17.6 Å². The molecule has 3 aromatic rings. The van der Waals surface area contributed by atoms with Crippen molar-refractivity contribution in [2.45, 2.75) is 37.8 Å². The summed E-state index contributed by atoms with van der Waals surface area (Å²) in [6.07, 6.45) is 0.771. The van der Waals surface area contributed by atoms with E-state index in [1.165, 1.54) is 12.1 Å². The van der Waals surface area contributed by atoms with Crippen LogP contribution in [0.3, 0.4) is 0 Å². The molecule has 0 saturated carbocycles. The fourth-order valence-electron chi connectivity index (χ4n) is 3.19. The Kier molecular flexibility index (Phi) is 7.71. The van der Waals surface area contributed by atoms with Gasteiger partial charge in [-0.15, -0.1) is 0 Å². The van der Waals surface area contributed by atoms with Gasteiger partial charge in [0, 0.05) is 18.2 Å². The molecule has 174 valence electrons. The molecular weight excluding hydrogens is 445 g/mol. The number of halogens is 1. The van der Waals surface area contributed by atoms with Gasteiger partial charge in [0.25, 0.3) is 5.91 Å². The first-order chi connectivity index (χ1) is 15.7. The summed E-state index contributed by atoms with van der Waals surface area (Å²) in [6.45, 7) is 4.33. The van der Waals surface area contributed by atoms with E-state index in [0.29, 0.717) is 17.9 Å². The average molecular weight is 472 g/mol. The third-order valence-electron chi connectivity index (χ3n) is 5.28. The number of ether oxygens (including phenoxy) is 1. The Bertz CT molecular complexity index is 1190. The molecule has 0 radical (unpaired) electrons. The Morgan fingerprint density at radius 2 is 1.67 bits per heavy atom. The van der Waals surface area contributed by atoms with Gasteiger partial charge in [-0.3, -0.25) is 4.79 Å². The van der Waals surface area contributed by atoms with Crippen molar-refractivity contribution < 1.29 is 26.5 Å². The lowest BCUT2D eigenvalue weighted by molar-refractivity contribution is 0.0671. The Morgan fingerprint density at radius 1 is 1.00 bits per heavy atom. The van der Waals surface area contributed by atoms with Crippen molar-refractivity contribution in [1.29, 1.82) is 0 Å². The minimum atomic E-state index is -4.08. The number of nitrogens with zero attached hydrogens (tertiary/aromatic N) is 1. The van der Waals surface area contributed by atoms with Crippen LogP contribution in [0.25, 0.3) is 0 Å². The van der Waals surface area contributed by atoms with Gasteiger partial charge in [0.15, 0.2) is 0 Å². The van der Waals surface area contributed by atoms with Crippen molar-refractivity contribution in [2.75, 3.05) is 7.11 Å². The second-order valence-electron chi connectivity index (χ2n) is 7.56. The van der Waals surface area contributed by atoms with Gasteiger partial charge in [0.2, 0.25) is 0 Å². The van der Waals surface area contributed by atoms with Crippen molar-refractivity contribution in [3.8, 4) is 11.5 Å². The lowest BCUT2D eigenvalue weighted by Crippen LogP contribution is -2.37. The van der Waals surface area contributed by atoms with Gasteiger partial charge < -0.3 is 13.8 Å². The van der Waals surface area contributed by atoms with Gasteiger partial charge in [0.1, 0.15) is 22.2 Å². The zero-order chi connectivity index (χ0) is 24.0. The van der Waals surface area contributed by atoms with Crippen LogP contribution >= 0.6 is 0 Å². The van der Waals surface area contributed by atoms with Crippen LogP contribution in [0.15, 0.2) is 77.7 Å². The number of methoxy groups -OCH3 is 1. The zero-order valence-corrected chi connectivity index (χ0v) is 19.5. The summed E-state index contributed by atoms with van der Waals surface area (Å²) in [6, 6.07) is 17.9. The van der Waals surface area contributed by atoms with Gasteiger partial charge in [-0.25, -0.2) is 4.39 Å². The fourth-order valence-corrected chi connectivity index (χ4v) is 4.12. The van der Waals surface area contributed by atoms with E-state index in [1.54, 1.807) is 48.4 Å². The normalized spacial score (nSPS) is 12.1. The predicted octanol–water partition coefficient (Wildman–Crippen LogP) is 5.04. The summed E-state index contributed by atoms with van der Waals surface area (Å²) < 4.78 is 48.2. The quantitative estimate of drug-likeness (QED) is 0.409. The topological polar surface area (TPSA) is 72.9 Å². The third-order valence-corrected chi connectivity index (χ3v) is 6.55. The number of benzene rings is 3. The monoisotopic (exact) mass is 471 g/mol. The van der Waals surface area contributed by atoms with Crippen LogP contribution < -0.4 is 8.92 Å². The lowest BCUT2D eigenvalue weighted by atomic mass is 10.1. The molecule has 0 N–H and O–H groups in total. The fraction of sp³-hybridized carbons (Fsp3) is 0.240. The minimum absolute atomic E-state index is 0.0153. The van der Waals surface area contributed by atoms with Crippen LogP contribution in [0.2, 0.25) is 0 Å². The van der Waals surface area contributed by atoms with Crippen LogP contribution in [0.4, 0.5) is 4.39 Å². The smallest absolute Gasteiger partial charge is 0.339 e. The van der Waals surface area contributed by atoms with Crippen LogP contribution in [0.5, 0.6) is 11.5 Å². The summed E-state index contributed by atoms with van der Waals surface area (Å²) in [5.41, 5.74) is 1.35. The number of carbonyl (C=O) groups is 1. The Morgan fingerprint density at radius 3 is 2.27 bits per heavy atom. The van der Waals surface area contributed by atoms with E-state index in [0.717, 1.165) is 36.2 Å². The van der Waals surface area contributed by atoms with E-state index in [-0.39, 0.29) is 22.6 Å². The van der Waals surface area contributed by atoms with E-state index in [4.69, 9.17) is 8.92 Å². The molecule has 3 rings (SSSR count). The number of hydrogen-bond acceptors (Lipinski definition) is 5. The molecule has 33 heavy (non-hydrogen) atoms. The molecule has 6 nitrogen and oxygen atoms in total. The summed E-state index contributed by atoms with van der Waals surface area (Å²) in [5.74, 6) is 0.0706. The maximum absolute atomic E-state index is 13.2. The first-order valence-electron chi connectivity index (χ1n) is 10.5. The molecule has 0 bridgehead atoms. The van der Waals surface area contributed by atoms with Gasteiger partial charge >= 0.3 is 10.1 Å². The van der Waals surface area contributed by atoms with Crippen molar-refractivity contribution in [1.82, 2.24) is 4.90 Å². The third kappa shape index (κ3) is 6.10. The minimum Gasteiger partial charge on any atom is -0.497 e. The zero-order valence-electron chi connectivity index (χ0n) is 18.7. The second kappa shape index (κ2) is 10.5. The molecular formula is C25H26FNO5S. The molecule has 0 fully saturated rings. The summed E-state index contributed by atoms with van der Waals surface area (Å²) in [5, 5.41) is 0. The molecule has 1 atom stereocenters. The maximum Gasteiger partial charge on any atom is 0.339 e. The van der Waals surface area contributed by atoms with Crippen molar-refractivity contribution in [2.24, 2.45) is 0 Å². The highest BCUT2D eigenvalue weighted by atomic mass is 32.2. The largest absolute Gasteiger partial charge is 0.497 e. The highest BCUT2D eigenvalue weighted by molar-refractivity contribution is 7.87. The van der Waals surface area contributed by atoms with E-state index in [2.05, 4.69) is 0 Å². The van der Waals surface area contributed by atoms with Gasteiger partial charge in [-0.05, 0) is 73.5 Å². The van der Waals surface area contributed by atoms with E-state index >= 15 is 0 Å². The summed E-state index contributed by atoms with van der Waals surface area (Å²) >= 11 is 0. The van der Waals surface area contributed by atoms with Gasteiger partial charge in [-0.1, -0.05) is 25.1 Å². The summed E-state index contributed by atoms with van der Waals surface area (Å²) in [4.78, 5) is 14.8. The van der Waals surface area contributed by atoms with Gasteiger partial charge in [-0.2, -0.15) is 8.42 Å². The van der Waals surface area contributed by atoms with Crippen LogP contribution in [0.1, 0.15) is 36.2 Å². The van der Waals surface area contributed by atoms with Crippen LogP contribution in [0, 0.1) is 5.82 Å². The maximum atomic E-state index is 13.2. The second-order valence-corrected chi connectivity index (χ2v) is 9.10. The van der Waals surface area contributed by atoms with Gasteiger partial charge in [0.05, 0.1) is 7.11 Å². The molecule has 0 aliphatic rings.